The first-order chi connectivity index (χ1) is 6.07. The summed E-state index contributed by atoms with van der Waals surface area (Å²) in [7, 11) is 0. The topological polar surface area (TPSA) is 100.0 Å². The Morgan fingerprint density at radius 1 is 1.69 bits per heavy atom. The lowest BCUT2D eigenvalue weighted by atomic mass is 10.4. The van der Waals surface area contributed by atoms with E-state index >= 15 is 0 Å². The van der Waals surface area contributed by atoms with Crippen LogP contribution in [-0.2, 0) is 0 Å². The third kappa shape index (κ3) is 1.44. The summed E-state index contributed by atoms with van der Waals surface area (Å²) in [5.41, 5.74) is 6.37. The van der Waals surface area contributed by atoms with Crippen LogP contribution in [0.1, 0.15) is 11.4 Å². The Balaban J connectivity index is 3.40. The second kappa shape index (κ2) is 3.15. The Kier molecular flexibility index (Phi) is 2.19. The van der Waals surface area contributed by atoms with Crippen molar-refractivity contribution in [1.82, 2.24) is 9.55 Å². The Bertz CT molecular complexity index is 444. The van der Waals surface area contributed by atoms with E-state index in [1.807, 2.05) is 0 Å². The summed E-state index contributed by atoms with van der Waals surface area (Å²) in [5.74, 6) is -0.116. The zero-order valence-corrected chi connectivity index (χ0v) is 7.33. The average molecular weight is 179 g/mol. The van der Waals surface area contributed by atoms with E-state index in [2.05, 4.69) is 9.98 Å². The molecular formula is C7H9N5O. The van der Waals surface area contributed by atoms with Crippen molar-refractivity contribution in [2.24, 2.45) is 10.7 Å². The van der Waals surface area contributed by atoms with Crippen molar-refractivity contribution in [2.75, 3.05) is 0 Å². The van der Waals surface area contributed by atoms with Crippen LogP contribution in [0.25, 0.3) is 0 Å². The van der Waals surface area contributed by atoms with Crippen LogP contribution >= 0.6 is 0 Å². The summed E-state index contributed by atoms with van der Waals surface area (Å²) in [5, 5.41) is 8.24. The maximum Gasteiger partial charge on any atom is 0.332 e. The number of nitrogens with two attached hydrogens (primary N) is 1. The lowest BCUT2D eigenvalue weighted by Crippen LogP contribution is -2.32. The van der Waals surface area contributed by atoms with Crippen LogP contribution in [0.15, 0.2) is 9.79 Å². The Morgan fingerprint density at radius 3 is 2.69 bits per heavy atom. The Morgan fingerprint density at radius 2 is 2.31 bits per heavy atom. The summed E-state index contributed by atoms with van der Waals surface area (Å²) < 4.78 is 1.15. The van der Waals surface area contributed by atoms with E-state index in [-0.39, 0.29) is 11.6 Å². The molecule has 3 N–H and O–H groups in total. The summed E-state index contributed by atoms with van der Waals surface area (Å²) in [6, 6.07) is 0. The van der Waals surface area contributed by atoms with E-state index in [0.29, 0.717) is 11.4 Å². The van der Waals surface area contributed by atoms with Crippen molar-refractivity contribution in [3.8, 4) is 6.19 Å². The van der Waals surface area contributed by atoms with Crippen molar-refractivity contribution >= 4 is 5.96 Å². The fourth-order valence-electron chi connectivity index (χ4n) is 1.00. The molecule has 0 unspecified atom stereocenters. The van der Waals surface area contributed by atoms with E-state index in [1.165, 1.54) is 6.19 Å². The van der Waals surface area contributed by atoms with Crippen LogP contribution in [0.5, 0.6) is 0 Å². The van der Waals surface area contributed by atoms with Gasteiger partial charge in [0.05, 0.1) is 0 Å². The van der Waals surface area contributed by atoms with Crippen molar-refractivity contribution in [3.05, 3.63) is 21.9 Å². The zero-order chi connectivity index (χ0) is 10.0. The molecule has 0 radical (unpaired) electrons. The van der Waals surface area contributed by atoms with Gasteiger partial charge in [-0.05, 0) is 13.8 Å². The first-order valence-corrected chi connectivity index (χ1v) is 3.58. The average Bonchev–Trinajstić information content (AvgIpc) is 2.27. The van der Waals surface area contributed by atoms with E-state index < -0.39 is 0 Å². The standard InChI is InChI=1S/C7H9N5O/c1-4-5(2)12(7(13)11-4)6(9)10-3-8/h1-2H3,(H2,9,10)(H,11,13). The van der Waals surface area contributed by atoms with Gasteiger partial charge >= 0.3 is 5.69 Å². The molecular weight excluding hydrogens is 170 g/mol. The number of nitrogens with zero attached hydrogens (tertiary/aromatic N) is 3. The third-order valence-corrected chi connectivity index (χ3v) is 1.77. The molecule has 1 rings (SSSR count). The highest BCUT2D eigenvalue weighted by Crippen LogP contribution is 1.98. The van der Waals surface area contributed by atoms with E-state index in [0.717, 1.165) is 4.57 Å². The molecule has 13 heavy (non-hydrogen) atoms. The number of aromatic nitrogens is 2. The molecule has 0 bridgehead atoms. The molecule has 0 aliphatic heterocycles. The molecule has 1 aromatic heterocycles. The van der Waals surface area contributed by atoms with Crippen LogP contribution in [-0.4, -0.2) is 15.5 Å². The number of nitriles is 1. The van der Waals surface area contributed by atoms with Gasteiger partial charge in [-0.1, -0.05) is 0 Å². The van der Waals surface area contributed by atoms with E-state index in [4.69, 9.17) is 11.0 Å². The Labute approximate surface area is 74.3 Å². The number of hydrogen-bond acceptors (Lipinski definition) is 3. The number of aryl methyl sites for hydroxylation is 1. The van der Waals surface area contributed by atoms with Gasteiger partial charge in [-0.15, -0.1) is 4.99 Å². The third-order valence-electron chi connectivity index (χ3n) is 1.77. The predicted octanol–water partition coefficient (Wildman–Crippen LogP) is -0.563. The summed E-state index contributed by atoms with van der Waals surface area (Å²) in [6.45, 7) is 3.46. The molecule has 68 valence electrons. The number of aliphatic imine (C=N–C) groups is 1. The van der Waals surface area contributed by atoms with Crippen LogP contribution < -0.4 is 11.4 Å². The fraction of sp³-hybridized carbons (Fsp3) is 0.286. The van der Waals surface area contributed by atoms with Gasteiger partial charge in [-0.3, -0.25) is 0 Å². The Hall–Kier alpha value is -2.03. The van der Waals surface area contributed by atoms with Gasteiger partial charge in [0.2, 0.25) is 12.2 Å². The van der Waals surface area contributed by atoms with Crippen LogP contribution in [0, 0.1) is 25.3 Å². The van der Waals surface area contributed by atoms with Gasteiger partial charge in [0.25, 0.3) is 0 Å². The maximum absolute atomic E-state index is 11.2. The van der Waals surface area contributed by atoms with Crippen LogP contribution in [0.3, 0.4) is 0 Å². The normalized spacial score (nSPS) is 11.3. The van der Waals surface area contributed by atoms with Crippen LogP contribution in [0.4, 0.5) is 0 Å². The largest absolute Gasteiger partial charge is 0.368 e. The smallest absolute Gasteiger partial charge is 0.332 e. The summed E-state index contributed by atoms with van der Waals surface area (Å²) in [6.07, 6.45) is 1.52. The van der Waals surface area contributed by atoms with Gasteiger partial charge in [-0.2, -0.15) is 5.26 Å². The molecule has 6 nitrogen and oxygen atoms in total. The summed E-state index contributed by atoms with van der Waals surface area (Å²) >= 11 is 0. The van der Waals surface area contributed by atoms with Gasteiger partial charge in [0.15, 0.2) is 0 Å². The molecule has 0 saturated heterocycles. The van der Waals surface area contributed by atoms with Gasteiger partial charge in [0.1, 0.15) is 0 Å². The fourth-order valence-corrected chi connectivity index (χ4v) is 1.00. The van der Waals surface area contributed by atoms with Crippen LogP contribution in [0.2, 0.25) is 0 Å². The minimum atomic E-state index is -0.383. The summed E-state index contributed by atoms with van der Waals surface area (Å²) in [4.78, 5) is 17.0. The molecule has 0 fully saturated rings. The number of H-pyrrole nitrogens is 1. The molecule has 1 aromatic rings. The van der Waals surface area contributed by atoms with Crippen molar-refractivity contribution < 1.29 is 0 Å². The first-order valence-electron chi connectivity index (χ1n) is 3.58. The second-order valence-corrected chi connectivity index (χ2v) is 2.55. The number of imidazole rings is 1. The van der Waals surface area contributed by atoms with Gasteiger partial charge in [-0.25, -0.2) is 9.36 Å². The number of nitrogens with one attached hydrogen (secondary N) is 1. The molecule has 0 atom stereocenters. The predicted molar refractivity (Wildman–Crippen MR) is 47.2 cm³/mol. The quantitative estimate of drug-likeness (QED) is 0.317. The molecule has 0 spiro atoms. The first kappa shape index (κ1) is 9.06. The SMILES string of the molecule is Cc1[nH]c(=O)n(C(N)=NC#N)c1C. The highest BCUT2D eigenvalue weighted by molar-refractivity contribution is 5.81. The molecule has 0 aromatic carbocycles. The number of rotatable bonds is 0. The van der Waals surface area contributed by atoms with Crippen molar-refractivity contribution in [3.63, 3.8) is 0 Å². The lowest BCUT2D eigenvalue weighted by Gasteiger charge is -1.99. The zero-order valence-electron chi connectivity index (χ0n) is 7.33. The second-order valence-electron chi connectivity index (χ2n) is 2.55. The molecule has 6 heteroatoms. The minimum absolute atomic E-state index is 0.116. The van der Waals surface area contributed by atoms with Gasteiger partial charge in [0, 0.05) is 11.4 Å². The molecule has 0 amide bonds. The van der Waals surface area contributed by atoms with Crippen molar-refractivity contribution in [1.29, 1.82) is 5.26 Å². The lowest BCUT2D eigenvalue weighted by molar-refractivity contribution is 0.989. The molecule has 0 saturated carbocycles. The van der Waals surface area contributed by atoms with Crippen molar-refractivity contribution in [2.45, 2.75) is 13.8 Å². The molecule has 0 aliphatic carbocycles. The number of hydrogen-bond donors (Lipinski definition) is 2. The highest BCUT2D eigenvalue weighted by atomic mass is 16.1. The monoisotopic (exact) mass is 179 g/mol. The molecule has 1 heterocycles. The van der Waals surface area contributed by atoms with Gasteiger partial charge < -0.3 is 10.7 Å². The number of aromatic amines is 1. The maximum atomic E-state index is 11.2. The highest BCUT2D eigenvalue weighted by Gasteiger charge is 2.08. The minimum Gasteiger partial charge on any atom is -0.368 e. The molecule has 0 aliphatic rings. The van der Waals surface area contributed by atoms with E-state index in [9.17, 15) is 4.79 Å². The van der Waals surface area contributed by atoms with E-state index in [1.54, 1.807) is 13.8 Å².